The number of carboxylic acid groups (broad SMARTS) is 1. The summed E-state index contributed by atoms with van der Waals surface area (Å²) >= 11 is 0. The van der Waals surface area contributed by atoms with Crippen molar-refractivity contribution in [3.8, 4) is 11.1 Å². The lowest BCUT2D eigenvalue weighted by atomic mass is 9.93. The van der Waals surface area contributed by atoms with Crippen LogP contribution in [0.25, 0.3) is 23.3 Å². The van der Waals surface area contributed by atoms with Gasteiger partial charge in [0.05, 0.1) is 17.7 Å². The quantitative estimate of drug-likeness (QED) is 0.432. The number of carboxylic acids is 1. The van der Waals surface area contributed by atoms with Crippen LogP contribution in [0.4, 0.5) is 0 Å². The first kappa shape index (κ1) is 21.1. The lowest BCUT2D eigenvalue weighted by Crippen LogP contribution is -2.24. The molecule has 0 spiro atoms. The number of benzene rings is 3. The van der Waals surface area contributed by atoms with Crippen LogP contribution >= 0.6 is 0 Å². The van der Waals surface area contributed by atoms with Gasteiger partial charge < -0.3 is 9.67 Å². The Morgan fingerprint density at radius 1 is 0.875 bits per heavy atom. The molecule has 3 aromatic carbocycles. The van der Waals surface area contributed by atoms with E-state index in [1.165, 1.54) is 6.07 Å². The summed E-state index contributed by atoms with van der Waals surface area (Å²) in [6.07, 6.45) is 5.68. The van der Waals surface area contributed by atoms with Gasteiger partial charge in [-0.25, -0.2) is 4.79 Å². The van der Waals surface area contributed by atoms with Crippen molar-refractivity contribution in [2.24, 2.45) is 0 Å². The fourth-order valence-corrected chi connectivity index (χ4v) is 3.82. The Balaban J connectivity index is 1.94. The minimum atomic E-state index is -1.06. The Kier molecular flexibility index (Phi) is 6.13. The maximum absolute atomic E-state index is 13.7. The molecule has 32 heavy (non-hydrogen) atoms. The van der Waals surface area contributed by atoms with Crippen molar-refractivity contribution in [3.05, 3.63) is 129 Å². The van der Waals surface area contributed by atoms with Gasteiger partial charge in [0.25, 0.3) is 5.56 Å². The summed E-state index contributed by atoms with van der Waals surface area (Å²) in [5.41, 5.74) is 4.31. The van der Waals surface area contributed by atoms with Gasteiger partial charge in [-0.05, 0) is 35.2 Å². The fraction of sp³-hybridized carbons (Fsp3) is 0.0714. The van der Waals surface area contributed by atoms with Crippen molar-refractivity contribution in [1.29, 1.82) is 0 Å². The van der Waals surface area contributed by atoms with E-state index in [1.807, 2.05) is 85.9 Å². The molecule has 0 aliphatic carbocycles. The highest BCUT2D eigenvalue weighted by Gasteiger charge is 2.19. The van der Waals surface area contributed by atoms with Gasteiger partial charge in [-0.2, -0.15) is 0 Å². The third-order valence-electron chi connectivity index (χ3n) is 5.38. The Bertz CT molecular complexity index is 1340. The molecule has 4 rings (SSSR count). The molecule has 0 atom stereocenters. The predicted molar refractivity (Wildman–Crippen MR) is 129 cm³/mol. The molecule has 0 fully saturated rings. The normalized spacial score (nSPS) is 11.0. The minimum absolute atomic E-state index is 0.107. The average Bonchev–Trinajstić information content (AvgIpc) is 2.81. The molecule has 0 radical (unpaired) electrons. The number of pyridine rings is 1. The minimum Gasteiger partial charge on any atom is -0.478 e. The zero-order chi connectivity index (χ0) is 22.5. The molecule has 1 aromatic heterocycles. The van der Waals surface area contributed by atoms with Gasteiger partial charge in [0.15, 0.2) is 0 Å². The number of hydrogen-bond donors (Lipinski definition) is 1. The molecule has 4 heteroatoms. The second kappa shape index (κ2) is 9.31. The van der Waals surface area contributed by atoms with Crippen molar-refractivity contribution in [2.75, 3.05) is 0 Å². The summed E-state index contributed by atoms with van der Waals surface area (Å²) in [4.78, 5) is 25.6. The number of rotatable bonds is 6. The maximum atomic E-state index is 13.7. The molecule has 1 heterocycles. The third kappa shape index (κ3) is 4.44. The van der Waals surface area contributed by atoms with Crippen LogP contribution in [0.3, 0.4) is 0 Å². The van der Waals surface area contributed by atoms with Crippen LogP contribution in [-0.2, 0) is 6.54 Å². The molecule has 0 saturated carbocycles. The Hall–Kier alpha value is -4.18. The van der Waals surface area contributed by atoms with Gasteiger partial charge in [0.2, 0.25) is 0 Å². The zero-order valence-corrected chi connectivity index (χ0v) is 17.7. The zero-order valence-electron chi connectivity index (χ0n) is 17.7. The summed E-state index contributed by atoms with van der Waals surface area (Å²) in [5, 5.41) is 9.76. The number of aromatic nitrogens is 1. The van der Waals surface area contributed by atoms with E-state index >= 15 is 0 Å². The van der Waals surface area contributed by atoms with Crippen molar-refractivity contribution in [2.45, 2.75) is 13.5 Å². The highest BCUT2D eigenvalue weighted by atomic mass is 16.4. The van der Waals surface area contributed by atoms with E-state index in [0.717, 1.165) is 22.3 Å². The molecule has 1 N–H and O–H groups in total. The highest BCUT2D eigenvalue weighted by molar-refractivity contribution is 5.97. The van der Waals surface area contributed by atoms with Crippen LogP contribution in [-0.4, -0.2) is 15.6 Å². The van der Waals surface area contributed by atoms with Crippen LogP contribution in [0.15, 0.2) is 95.9 Å². The average molecular weight is 421 g/mol. The van der Waals surface area contributed by atoms with E-state index in [1.54, 1.807) is 22.8 Å². The summed E-state index contributed by atoms with van der Waals surface area (Å²) in [5.74, 6) is -1.06. The van der Waals surface area contributed by atoms with Gasteiger partial charge >= 0.3 is 5.97 Å². The van der Waals surface area contributed by atoms with Gasteiger partial charge in [-0.1, -0.05) is 91.0 Å². The van der Waals surface area contributed by atoms with Crippen molar-refractivity contribution >= 4 is 18.1 Å². The highest BCUT2D eigenvalue weighted by Crippen LogP contribution is 2.28. The second-order valence-electron chi connectivity index (χ2n) is 7.61. The van der Waals surface area contributed by atoms with Gasteiger partial charge in [-0.15, -0.1) is 0 Å². The van der Waals surface area contributed by atoms with E-state index in [9.17, 15) is 14.7 Å². The molecule has 0 saturated heterocycles. The monoisotopic (exact) mass is 421 g/mol. The summed E-state index contributed by atoms with van der Waals surface area (Å²) in [6, 6.07) is 26.2. The first-order chi connectivity index (χ1) is 15.5. The molecule has 4 aromatic rings. The smallest absolute Gasteiger partial charge is 0.336 e. The second-order valence-corrected chi connectivity index (χ2v) is 7.61. The van der Waals surface area contributed by atoms with Crippen LogP contribution in [0.5, 0.6) is 0 Å². The topological polar surface area (TPSA) is 59.3 Å². The molecule has 0 aliphatic rings. The SMILES string of the molecule is Cc1cn(Cc2ccccc2)c(=O)c(-c2ccccc2C(=O)O)c1/C=C/c1ccccc1. The Labute approximate surface area is 186 Å². The molecular weight excluding hydrogens is 398 g/mol. The van der Waals surface area contributed by atoms with Crippen LogP contribution in [0, 0.1) is 6.92 Å². The van der Waals surface area contributed by atoms with Crippen molar-refractivity contribution in [3.63, 3.8) is 0 Å². The fourth-order valence-electron chi connectivity index (χ4n) is 3.82. The molecule has 4 nitrogen and oxygen atoms in total. The molecule has 0 bridgehead atoms. The molecule has 0 unspecified atom stereocenters. The summed E-state index contributed by atoms with van der Waals surface area (Å²) in [7, 11) is 0. The molecular formula is C28H23NO3. The number of carbonyl (C=O) groups is 1. The first-order valence-electron chi connectivity index (χ1n) is 10.4. The molecule has 0 amide bonds. The van der Waals surface area contributed by atoms with E-state index in [0.29, 0.717) is 17.7 Å². The van der Waals surface area contributed by atoms with E-state index in [4.69, 9.17) is 0 Å². The van der Waals surface area contributed by atoms with Crippen molar-refractivity contribution in [1.82, 2.24) is 4.57 Å². The Morgan fingerprint density at radius 3 is 2.19 bits per heavy atom. The number of hydrogen-bond acceptors (Lipinski definition) is 2. The number of aromatic carboxylic acids is 1. The summed E-state index contributed by atoms with van der Waals surface area (Å²) in [6.45, 7) is 2.35. The van der Waals surface area contributed by atoms with Gasteiger partial charge in [0.1, 0.15) is 0 Å². The van der Waals surface area contributed by atoms with E-state index < -0.39 is 5.97 Å². The largest absolute Gasteiger partial charge is 0.478 e. The van der Waals surface area contributed by atoms with E-state index in [-0.39, 0.29) is 11.1 Å². The lowest BCUT2D eigenvalue weighted by Gasteiger charge is -2.16. The Morgan fingerprint density at radius 2 is 1.50 bits per heavy atom. The first-order valence-corrected chi connectivity index (χ1v) is 10.4. The number of nitrogens with zero attached hydrogens (tertiary/aromatic N) is 1. The van der Waals surface area contributed by atoms with Crippen molar-refractivity contribution < 1.29 is 9.90 Å². The van der Waals surface area contributed by atoms with Gasteiger partial charge in [-0.3, -0.25) is 4.79 Å². The van der Waals surface area contributed by atoms with Crippen LogP contribution in [0.1, 0.15) is 32.6 Å². The van der Waals surface area contributed by atoms with E-state index in [2.05, 4.69) is 0 Å². The standard InChI is InChI=1S/C28H23NO3/c1-20-18-29(19-22-12-6-3-7-13-22)27(30)26(24-14-8-9-15-25(24)28(31)32)23(20)17-16-21-10-4-2-5-11-21/h2-18H,19H2,1H3,(H,31,32)/b17-16+. The summed E-state index contributed by atoms with van der Waals surface area (Å²) < 4.78 is 1.65. The molecule has 0 aliphatic heterocycles. The lowest BCUT2D eigenvalue weighted by molar-refractivity contribution is 0.0697. The number of aryl methyl sites for hydroxylation is 1. The van der Waals surface area contributed by atoms with Crippen LogP contribution in [0.2, 0.25) is 0 Å². The molecule has 158 valence electrons. The predicted octanol–water partition coefficient (Wildman–Crippen LogP) is 5.74. The maximum Gasteiger partial charge on any atom is 0.336 e. The van der Waals surface area contributed by atoms with Gasteiger partial charge in [0, 0.05) is 11.8 Å². The third-order valence-corrected chi connectivity index (χ3v) is 5.38. The van der Waals surface area contributed by atoms with Crippen LogP contribution < -0.4 is 5.56 Å².